The summed E-state index contributed by atoms with van der Waals surface area (Å²) in [6.45, 7) is 0.238. The van der Waals surface area contributed by atoms with Gasteiger partial charge in [0, 0.05) is 31.9 Å². The number of rotatable bonds is 3. The highest BCUT2D eigenvalue weighted by Crippen LogP contribution is 2.28. The molecule has 0 fully saturated rings. The number of pyridine rings is 1. The summed E-state index contributed by atoms with van der Waals surface area (Å²) in [6, 6.07) is 11.2. The lowest BCUT2D eigenvalue weighted by Crippen LogP contribution is -2.48. The molecule has 3 rings (SSSR count). The van der Waals surface area contributed by atoms with E-state index in [-0.39, 0.29) is 24.9 Å². The molecule has 6 nitrogen and oxygen atoms in total. The van der Waals surface area contributed by atoms with Crippen LogP contribution in [-0.4, -0.2) is 32.5 Å². The van der Waals surface area contributed by atoms with Crippen molar-refractivity contribution in [3.8, 4) is 0 Å². The van der Waals surface area contributed by atoms with Crippen molar-refractivity contribution in [3.63, 3.8) is 0 Å². The minimum atomic E-state index is -0.176. The summed E-state index contributed by atoms with van der Waals surface area (Å²) in [5.74, 6) is -0.292. The standard InChI is InChI=1S/C17H18N4O2/c1-19(2)13-7-9-20(10-8-13)12-17(23)21-11-16(22)18-14-5-3-4-6-15(14)21/h3-10H,11-12H2,1-2H3/p+1. The number of amides is 2. The summed E-state index contributed by atoms with van der Waals surface area (Å²) >= 11 is 0. The topological polar surface area (TPSA) is 56.5 Å². The second-order valence-corrected chi connectivity index (χ2v) is 5.67. The Hall–Kier alpha value is -2.89. The maximum atomic E-state index is 12.6. The minimum absolute atomic E-state index is 0.0478. The van der Waals surface area contributed by atoms with E-state index in [1.165, 1.54) is 4.90 Å². The second-order valence-electron chi connectivity index (χ2n) is 5.67. The van der Waals surface area contributed by atoms with Gasteiger partial charge in [0.25, 0.3) is 5.91 Å². The predicted molar refractivity (Wildman–Crippen MR) is 88.4 cm³/mol. The Morgan fingerprint density at radius 2 is 1.91 bits per heavy atom. The van der Waals surface area contributed by atoms with Gasteiger partial charge in [-0.25, -0.2) is 0 Å². The van der Waals surface area contributed by atoms with Crippen molar-refractivity contribution < 1.29 is 14.2 Å². The van der Waals surface area contributed by atoms with Crippen LogP contribution in [0.25, 0.3) is 0 Å². The van der Waals surface area contributed by atoms with Gasteiger partial charge >= 0.3 is 0 Å². The molecule has 1 aromatic heterocycles. The first-order chi connectivity index (χ1) is 11.0. The van der Waals surface area contributed by atoms with Crippen LogP contribution in [-0.2, 0) is 16.1 Å². The molecule has 0 bridgehead atoms. The fourth-order valence-corrected chi connectivity index (χ4v) is 2.55. The summed E-state index contributed by atoms with van der Waals surface area (Å²) in [7, 11) is 3.93. The second kappa shape index (κ2) is 6.08. The van der Waals surface area contributed by atoms with Crippen LogP contribution < -0.4 is 19.7 Å². The summed E-state index contributed by atoms with van der Waals surface area (Å²) in [4.78, 5) is 27.9. The molecule has 118 valence electrons. The number of anilines is 3. The maximum Gasteiger partial charge on any atom is 0.293 e. The highest BCUT2D eigenvalue weighted by molar-refractivity contribution is 6.09. The Morgan fingerprint density at radius 3 is 2.61 bits per heavy atom. The molecule has 1 aromatic carbocycles. The van der Waals surface area contributed by atoms with Gasteiger partial charge < -0.3 is 10.2 Å². The SMILES string of the molecule is CN(C)c1cc[n+](CC(=O)N2CC(=O)Nc3ccccc32)cc1. The number of carbonyl (C=O) groups is 2. The van der Waals surface area contributed by atoms with Gasteiger partial charge in [0.2, 0.25) is 12.5 Å². The number of para-hydroxylation sites is 2. The van der Waals surface area contributed by atoms with E-state index in [2.05, 4.69) is 5.32 Å². The Balaban J connectivity index is 1.79. The summed E-state index contributed by atoms with van der Waals surface area (Å²) in [6.07, 6.45) is 3.73. The zero-order valence-electron chi connectivity index (χ0n) is 13.2. The lowest BCUT2D eigenvalue weighted by atomic mass is 10.2. The Labute approximate surface area is 134 Å². The van der Waals surface area contributed by atoms with E-state index in [1.54, 1.807) is 6.07 Å². The van der Waals surface area contributed by atoms with Crippen molar-refractivity contribution in [2.45, 2.75) is 6.54 Å². The molecule has 23 heavy (non-hydrogen) atoms. The Kier molecular flexibility index (Phi) is 3.97. The van der Waals surface area contributed by atoms with Gasteiger partial charge in [-0.3, -0.25) is 14.5 Å². The van der Waals surface area contributed by atoms with E-state index in [0.29, 0.717) is 5.69 Å². The normalized spacial score (nSPS) is 13.3. The fourth-order valence-electron chi connectivity index (χ4n) is 2.55. The number of nitrogens with one attached hydrogen (secondary N) is 1. The first-order valence-corrected chi connectivity index (χ1v) is 7.40. The smallest absolute Gasteiger partial charge is 0.293 e. The van der Waals surface area contributed by atoms with Crippen LogP contribution in [0.3, 0.4) is 0 Å². The van der Waals surface area contributed by atoms with Crippen molar-refractivity contribution in [2.24, 2.45) is 0 Å². The van der Waals surface area contributed by atoms with E-state index < -0.39 is 0 Å². The number of benzene rings is 1. The molecule has 0 saturated carbocycles. The average molecular weight is 311 g/mol. The largest absolute Gasteiger partial charge is 0.377 e. The monoisotopic (exact) mass is 311 g/mol. The van der Waals surface area contributed by atoms with Crippen molar-refractivity contribution >= 4 is 28.9 Å². The third-order valence-electron chi connectivity index (χ3n) is 3.78. The lowest BCUT2D eigenvalue weighted by Gasteiger charge is -2.28. The van der Waals surface area contributed by atoms with Crippen LogP contribution >= 0.6 is 0 Å². The van der Waals surface area contributed by atoms with E-state index in [1.807, 2.05) is 66.3 Å². The van der Waals surface area contributed by atoms with Gasteiger partial charge in [0.05, 0.1) is 11.4 Å². The molecular weight excluding hydrogens is 292 g/mol. The van der Waals surface area contributed by atoms with Gasteiger partial charge in [-0.1, -0.05) is 12.1 Å². The van der Waals surface area contributed by atoms with Gasteiger partial charge in [-0.15, -0.1) is 0 Å². The molecule has 1 aliphatic rings. The zero-order valence-corrected chi connectivity index (χ0v) is 13.2. The first kappa shape index (κ1) is 15.0. The summed E-state index contributed by atoms with van der Waals surface area (Å²) in [5.41, 5.74) is 2.48. The van der Waals surface area contributed by atoms with Crippen LogP contribution in [0.15, 0.2) is 48.8 Å². The highest BCUT2D eigenvalue weighted by atomic mass is 16.2. The minimum Gasteiger partial charge on any atom is -0.377 e. The molecule has 2 heterocycles. The fraction of sp³-hybridized carbons (Fsp3) is 0.235. The summed E-state index contributed by atoms with van der Waals surface area (Å²) in [5, 5.41) is 2.78. The quantitative estimate of drug-likeness (QED) is 0.861. The van der Waals surface area contributed by atoms with E-state index >= 15 is 0 Å². The molecule has 6 heteroatoms. The van der Waals surface area contributed by atoms with Crippen molar-refractivity contribution in [1.29, 1.82) is 0 Å². The van der Waals surface area contributed by atoms with Crippen molar-refractivity contribution in [1.82, 2.24) is 0 Å². The van der Waals surface area contributed by atoms with Crippen LogP contribution in [0.4, 0.5) is 17.1 Å². The average Bonchev–Trinajstić information content (AvgIpc) is 2.54. The third-order valence-corrected chi connectivity index (χ3v) is 3.78. The molecular formula is C17H19N4O2+. The van der Waals surface area contributed by atoms with Gasteiger partial charge in [-0.05, 0) is 12.1 Å². The molecule has 1 N–H and O–H groups in total. The third kappa shape index (κ3) is 3.15. The molecule has 0 atom stereocenters. The number of hydrogen-bond acceptors (Lipinski definition) is 3. The lowest BCUT2D eigenvalue weighted by molar-refractivity contribution is -0.684. The first-order valence-electron chi connectivity index (χ1n) is 7.40. The molecule has 0 unspecified atom stereocenters. The van der Waals surface area contributed by atoms with Crippen LogP contribution in [0.1, 0.15) is 0 Å². The van der Waals surface area contributed by atoms with Gasteiger partial charge in [-0.2, -0.15) is 4.57 Å². The molecule has 2 amide bonds. The number of carbonyl (C=O) groups excluding carboxylic acids is 2. The predicted octanol–water partition coefficient (Wildman–Crippen LogP) is 1.03. The molecule has 0 radical (unpaired) electrons. The molecule has 2 aromatic rings. The Morgan fingerprint density at radius 1 is 1.22 bits per heavy atom. The van der Waals surface area contributed by atoms with Gasteiger partial charge in [0.15, 0.2) is 12.4 Å². The molecule has 0 saturated heterocycles. The van der Waals surface area contributed by atoms with Crippen molar-refractivity contribution in [2.75, 3.05) is 35.8 Å². The molecule has 0 spiro atoms. The molecule has 1 aliphatic heterocycles. The summed E-state index contributed by atoms with van der Waals surface area (Å²) < 4.78 is 1.81. The highest BCUT2D eigenvalue weighted by Gasteiger charge is 2.28. The van der Waals surface area contributed by atoms with E-state index in [0.717, 1.165) is 11.4 Å². The molecule has 0 aliphatic carbocycles. The van der Waals surface area contributed by atoms with E-state index in [4.69, 9.17) is 0 Å². The van der Waals surface area contributed by atoms with Gasteiger partial charge in [0.1, 0.15) is 6.54 Å². The van der Waals surface area contributed by atoms with Crippen LogP contribution in [0.2, 0.25) is 0 Å². The number of aromatic nitrogens is 1. The van der Waals surface area contributed by atoms with Crippen molar-refractivity contribution in [3.05, 3.63) is 48.8 Å². The number of hydrogen-bond donors (Lipinski definition) is 1. The number of nitrogens with zero attached hydrogens (tertiary/aromatic N) is 3. The van der Waals surface area contributed by atoms with Crippen LogP contribution in [0, 0.1) is 0 Å². The Bertz CT molecular complexity index is 741. The number of fused-ring (bicyclic) bond motifs is 1. The maximum absolute atomic E-state index is 12.6. The van der Waals surface area contributed by atoms with E-state index in [9.17, 15) is 9.59 Å². The zero-order chi connectivity index (χ0) is 16.4. The van der Waals surface area contributed by atoms with Crippen LogP contribution in [0.5, 0.6) is 0 Å².